The highest BCUT2D eigenvalue weighted by molar-refractivity contribution is 6.42. The molecule has 26 heavy (non-hydrogen) atoms. The van der Waals surface area contributed by atoms with E-state index in [-0.39, 0.29) is 5.82 Å². The van der Waals surface area contributed by atoms with Gasteiger partial charge in [0.2, 0.25) is 0 Å². The van der Waals surface area contributed by atoms with E-state index in [2.05, 4.69) is 10.5 Å². The maximum Gasteiger partial charge on any atom is 0.123 e. The van der Waals surface area contributed by atoms with Crippen molar-refractivity contribution in [1.82, 2.24) is 0 Å². The molecule has 0 spiro atoms. The lowest BCUT2D eigenvalue weighted by atomic mass is 10.2. The zero-order valence-electron chi connectivity index (χ0n) is 13.6. The number of benzene rings is 3. The minimum atomic E-state index is -0.281. The molecule has 0 amide bonds. The third-order valence-corrected chi connectivity index (χ3v) is 4.26. The number of hydrogen-bond acceptors (Lipinski definition) is 3. The fraction of sp³-hybridized carbons (Fsp3) is 0.0500. The Balaban J connectivity index is 1.53. The number of nitrogens with one attached hydrogen (secondary N) is 1. The zero-order valence-corrected chi connectivity index (χ0v) is 15.1. The summed E-state index contributed by atoms with van der Waals surface area (Å²) in [6.07, 6.45) is 1.67. The lowest BCUT2D eigenvalue weighted by molar-refractivity contribution is 0.306. The fourth-order valence-electron chi connectivity index (χ4n) is 2.15. The second kappa shape index (κ2) is 8.70. The first-order chi connectivity index (χ1) is 12.6. The Kier molecular flexibility index (Phi) is 6.10. The predicted molar refractivity (Wildman–Crippen MR) is 105 cm³/mol. The summed E-state index contributed by atoms with van der Waals surface area (Å²) in [5, 5.41) is 5.15. The zero-order chi connectivity index (χ0) is 18.4. The standard InChI is InChI=1S/C20H15Cl2FN2O/c21-19-10-3-15(11-20(19)22)13-26-18-8-1-14(2-9-18)12-24-25-17-6-4-16(23)5-7-17/h1-12,25H,13H2. The van der Waals surface area contributed by atoms with Crippen molar-refractivity contribution in [2.24, 2.45) is 5.10 Å². The van der Waals surface area contributed by atoms with E-state index in [0.717, 1.165) is 16.9 Å². The first-order valence-electron chi connectivity index (χ1n) is 7.81. The lowest BCUT2D eigenvalue weighted by Gasteiger charge is -2.07. The number of rotatable bonds is 6. The molecule has 3 aromatic rings. The maximum atomic E-state index is 12.8. The van der Waals surface area contributed by atoms with E-state index in [1.807, 2.05) is 30.3 Å². The number of hydrazone groups is 1. The average Bonchev–Trinajstić information content (AvgIpc) is 2.65. The minimum Gasteiger partial charge on any atom is -0.489 e. The van der Waals surface area contributed by atoms with Crippen LogP contribution in [0.15, 0.2) is 71.8 Å². The van der Waals surface area contributed by atoms with E-state index in [9.17, 15) is 4.39 Å². The molecule has 0 saturated heterocycles. The van der Waals surface area contributed by atoms with Gasteiger partial charge in [0.15, 0.2) is 0 Å². The van der Waals surface area contributed by atoms with Gasteiger partial charge in [0, 0.05) is 0 Å². The van der Waals surface area contributed by atoms with Gasteiger partial charge < -0.3 is 4.74 Å². The van der Waals surface area contributed by atoms with Crippen LogP contribution in [0.4, 0.5) is 10.1 Å². The number of halogens is 3. The third-order valence-electron chi connectivity index (χ3n) is 3.52. The van der Waals surface area contributed by atoms with Gasteiger partial charge in [0.1, 0.15) is 18.2 Å². The van der Waals surface area contributed by atoms with Crippen LogP contribution >= 0.6 is 23.2 Å². The Morgan fingerprint density at radius 2 is 1.65 bits per heavy atom. The highest BCUT2D eigenvalue weighted by Gasteiger charge is 2.01. The van der Waals surface area contributed by atoms with Gasteiger partial charge in [-0.2, -0.15) is 5.10 Å². The average molecular weight is 389 g/mol. The minimum absolute atomic E-state index is 0.281. The summed E-state index contributed by atoms with van der Waals surface area (Å²) in [5.41, 5.74) is 5.39. The Morgan fingerprint density at radius 1 is 0.923 bits per heavy atom. The molecular weight excluding hydrogens is 374 g/mol. The van der Waals surface area contributed by atoms with Crippen LogP contribution in [0.1, 0.15) is 11.1 Å². The SMILES string of the molecule is Fc1ccc(NN=Cc2ccc(OCc3ccc(Cl)c(Cl)c3)cc2)cc1. The number of hydrogen-bond donors (Lipinski definition) is 1. The summed E-state index contributed by atoms with van der Waals surface area (Å²) in [5.74, 6) is 0.454. The highest BCUT2D eigenvalue weighted by atomic mass is 35.5. The summed E-state index contributed by atoms with van der Waals surface area (Å²) < 4.78 is 18.6. The molecule has 0 aliphatic rings. The van der Waals surface area contributed by atoms with Crippen LogP contribution in [0, 0.1) is 5.82 Å². The summed E-state index contributed by atoms with van der Waals surface area (Å²) in [6, 6.07) is 18.9. The molecule has 132 valence electrons. The molecule has 6 heteroatoms. The van der Waals surface area contributed by atoms with Crippen molar-refractivity contribution in [3.63, 3.8) is 0 Å². The van der Waals surface area contributed by atoms with Gasteiger partial charge in [0.05, 0.1) is 21.9 Å². The van der Waals surface area contributed by atoms with E-state index < -0.39 is 0 Å². The molecule has 3 aromatic carbocycles. The quantitative estimate of drug-likeness (QED) is 0.405. The van der Waals surface area contributed by atoms with E-state index in [4.69, 9.17) is 27.9 Å². The topological polar surface area (TPSA) is 33.6 Å². The third kappa shape index (κ3) is 5.22. The predicted octanol–water partition coefficient (Wildman–Crippen LogP) is 6.16. The Morgan fingerprint density at radius 3 is 2.35 bits per heavy atom. The van der Waals surface area contributed by atoms with Crippen LogP contribution in [0.3, 0.4) is 0 Å². The monoisotopic (exact) mass is 388 g/mol. The Bertz CT molecular complexity index is 897. The summed E-state index contributed by atoms with van der Waals surface area (Å²) in [4.78, 5) is 0. The van der Waals surface area contributed by atoms with Crippen molar-refractivity contribution in [2.45, 2.75) is 6.61 Å². The summed E-state index contributed by atoms with van der Waals surface area (Å²) >= 11 is 11.9. The first-order valence-corrected chi connectivity index (χ1v) is 8.57. The van der Waals surface area contributed by atoms with Crippen LogP contribution in [0.25, 0.3) is 0 Å². The van der Waals surface area contributed by atoms with E-state index in [0.29, 0.717) is 22.3 Å². The van der Waals surface area contributed by atoms with Crippen molar-refractivity contribution in [3.8, 4) is 5.75 Å². The molecule has 0 aliphatic carbocycles. The van der Waals surface area contributed by atoms with Gasteiger partial charge in [-0.15, -0.1) is 0 Å². The second-order valence-corrected chi connectivity index (χ2v) is 6.30. The molecule has 0 unspecified atom stereocenters. The molecule has 0 atom stereocenters. The molecule has 1 N–H and O–H groups in total. The van der Waals surface area contributed by atoms with Gasteiger partial charge in [0.25, 0.3) is 0 Å². The largest absolute Gasteiger partial charge is 0.489 e. The Hall–Kier alpha value is -2.56. The van der Waals surface area contributed by atoms with E-state index in [1.165, 1.54) is 12.1 Å². The number of anilines is 1. The van der Waals surface area contributed by atoms with Crippen LogP contribution < -0.4 is 10.2 Å². The number of nitrogens with zero attached hydrogens (tertiary/aromatic N) is 1. The van der Waals surface area contributed by atoms with Crippen LogP contribution in [-0.4, -0.2) is 6.21 Å². The summed E-state index contributed by atoms with van der Waals surface area (Å²) in [6.45, 7) is 0.399. The molecule has 0 saturated carbocycles. The molecule has 0 aromatic heterocycles. The van der Waals surface area contributed by atoms with Crippen molar-refractivity contribution in [3.05, 3.63) is 93.7 Å². The van der Waals surface area contributed by atoms with Gasteiger partial charge in [-0.3, -0.25) is 5.43 Å². The van der Waals surface area contributed by atoms with Crippen molar-refractivity contribution < 1.29 is 9.13 Å². The molecule has 0 bridgehead atoms. The lowest BCUT2D eigenvalue weighted by Crippen LogP contribution is -1.96. The van der Waals surface area contributed by atoms with Gasteiger partial charge >= 0.3 is 0 Å². The molecule has 0 heterocycles. The van der Waals surface area contributed by atoms with Crippen molar-refractivity contribution >= 4 is 35.1 Å². The van der Waals surface area contributed by atoms with Crippen LogP contribution in [0.5, 0.6) is 5.75 Å². The fourth-order valence-corrected chi connectivity index (χ4v) is 2.47. The normalized spacial score (nSPS) is 10.9. The first kappa shape index (κ1) is 18.2. The van der Waals surface area contributed by atoms with Crippen molar-refractivity contribution in [2.75, 3.05) is 5.43 Å². The molecular formula is C20H15Cl2FN2O. The maximum absolute atomic E-state index is 12.8. The molecule has 3 rings (SSSR count). The second-order valence-electron chi connectivity index (χ2n) is 5.48. The summed E-state index contributed by atoms with van der Waals surface area (Å²) in [7, 11) is 0. The van der Waals surface area contributed by atoms with E-state index in [1.54, 1.807) is 30.5 Å². The number of ether oxygens (including phenoxy) is 1. The van der Waals surface area contributed by atoms with Gasteiger partial charge in [-0.25, -0.2) is 4.39 Å². The van der Waals surface area contributed by atoms with Crippen LogP contribution in [-0.2, 0) is 6.61 Å². The van der Waals surface area contributed by atoms with Gasteiger partial charge in [-0.1, -0.05) is 29.3 Å². The van der Waals surface area contributed by atoms with Crippen LogP contribution in [0.2, 0.25) is 10.0 Å². The molecule has 0 fully saturated rings. The Labute approximate surface area is 161 Å². The highest BCUT2D eigenvalue weighted by Crippen LogP contribution is 2.23. The molecule has 0 aliphatic heterocycles. The smallest absolute Gasteiger partial charge is 0.123 e. The molecule has 3 nitrogen and oxygen atoms in total. The molecule has 0 radical (unpaired) electrons. The van der Waals surface area contributed by atoms with E-state index >= 15 is 0 Å². The van der Waals surface area contributed by atoms with Gasteiger partial charge in [-0.05, 0) is 71.8 Å². The van der Waals surface area contributed by atoms with Crippen molar-refractivity contribution in [1.29, 1.82) is 0 Å².